The van der Waals surface area contributed by atoms with Gasteiger partial charge in [0.15, 0.2) is 0 Å². The van der Waals surface area contributed by atoms with Crippen LogP contribution < -0.4 is 0 Å². The van der Waals surface area contributed by atoms with Crippen molar-refractivity contribution < 1.29 is 0 Å². The second-order valence-electron chi connectivity index (χ2n) is 2.87. The molecule has 0 saturated heterocycles. The standard InChI is InChI=1S/C7H16/c1-5-7(3,4)6-2/h5-6H2,1-4H3/i7+2. The van der Waals surface area contributed by atoms with Crippen molar-refractivity contribution in [1.29, 1.82) is 0 Å². The van der Waals surface area contributed by atoms with E-state index in [2.05, 4.69) is 27.7 Å². The van der Waals surface area contributed by atoms with Crippen molar-refractivity contribution in [3.8, 4) is 0 Å². The first-order valence-electron chi connectivity index (χ1n) is 3.12. The van der Waals surface area contributed by atoms with Gasteiger partial charge in [0.05, 0.1) is 0 Å². The topological polar surface area (TPSA) is 0 Å². The van der Waals surface area contributed by atoms with Crippen LogP contribution in [0.25, 0.3) is 0 Å². The summed E-state index contributed by atoms with van der Waals surface area (Å²) in [5.41, 5.74) is 0.583. The van der Waals surface area contributed by atoms with Gasteiger partial charge in [-0.2, -0.15) is 0 Å². The molecule has 0 nitrogen and oxygen atoms in total. The van der Waals surface area contributed by atoms with Crippen LogP contribution in [0.1, 0.15) is 40.5 Å². The molecule has 0 N–H and O–H groups in total. The summed E-state index contributed by atoms with van der Waals surface area (Å²) >= 11 is 0. The SMILES string of the molecule is CC[14C](C)(C)CC. The van der Waals surface area contributed by atoms with Gasteiger partial charge < -0.3 is 0 Å². The van der Waals surface area contributed by atoms with Gasteiger partial charge in [-0.3, -0.25) is 0 Å². The smallest absolute Gasteiger partial charge is 0.0359 e. The van der Waals surface area contributed by atoms with Crippen LogP contribution in [-0.4, -0.2) is 0 Å². The van der Waals surface area contributed by atoms with Crippen molar-refractivity contribution in [1.82, 2.24) is 0 Å². The number of rotatable bonds is 2. The van der Waals surface area contributed by atoms with Gasteiger partial charge in [0.1, 0.15) is 0 Å². The van der Waals surface area contributed by atoms with Gasteiger partial charge >= 0.3 is 0 Å². The van der Waals surface area contributed by atoms with Crippen LogP contribution in [0, 0.1) is 5.41 Å². The first-order chi connectivity index (χ1) is 3.12. The Kier molecular flexibility index (Phi) is 2.34. The van der Waals surface area contributed by atoms with E-state index in [0.29, 0.717) is 5.41 Å². The molecule has 0 amide bonds. The normalized spacial score (nSPS) is 12.0. The Morgan fingerprint density at radius 3 is 1.29 bits per heavy atom. The molecule has 0 atom stereocenters. The van der Waals surface area contributed by atoms with Crippen LogP contribution in [0.4, 0.5) is 0 Å². The van der Waals surface area contributed by atoms with E-state index in [9.17, 15) is 0 Å². The maximum atomic E-state index is 2.30. The summed E-state index contributed by atoms with van der Waals surface area (Å²) in [5, 5.41) is 0. The van der Waals surface area contributed by atoms with Crippen molar-refractivity contribution in [3.63, 3.8) is 0 Å². The van der Waals surface area contributed by atoms with E-state index in [4.69, 9.17) is 0 Å². The average molecular weight is 102 g/mol. The van der Waals surface area contributed by atoms with Crippen molar-refractivity contribution in [3.05, 3.63) is 0 Å². The first kappa shape index (κ1) is 7.00. The third kappa shape index (κ3) is 2.67. The van der Waals surface area contributed by atoms with Gasteiger partial charge in [0.25, 0.3) is 0 Å². The molecule has 0 saturated carbocycles. The zero-order valence-electron chi connectivity index (χ0n) is 5.91. The molecule has 0 spiro atoms. The van der Waals surface area contributed by atoms with Gasteiger partial charge in [-0.05, 0) is 5.41 Å². The molecule has 7 heavy (non-hydrogen) atoms. The first-order valence-corrected chi connectivity index (χ1v) is 3.12. The fourth-order valence-electron chi connectivity index (χ4n) is 0.250. The lowest BCUT2D eigenvalue weighted by molar-refractivity contribution is 0.338. The summed E-state index contributed by atoms with van der Waals surface area (Å²) in [7, 11) is 0. The van der Waals surface area contributed by atoms with Crippen LogP contribution in [0.15, 0.2) is 0 Å². The Hall–Kier alpha value is 0. The quantitative estimate of drug-likeness (QED) is 0.503. The highest BCUT2D eigenvalue weighted by Crippen LogP contribution is 2.22. The molecule has 0 aliphatic carbocycles. The molecule has 0 heteroatoms. The Morgan fingerprint density at radius 2 is 1.29 bits per heavy atom. The van der Waals surface area contributed by atoms with Gasteiger partial charge in [0, 0.05) is 0 Å². The molecule has 0 aromatic heterocycles. The number of hydrogen-bond donors (Lipinski definition) is 0. The molecule has 0 aromatic rings. The highest BCUT2D eigenvalue weighted by Gasteiger charge is 2.09. The van der Waals surface area contributed by atoms with Gasteiger partial charge in [-0.1, -0.05) is 40.5 Å². The van der Waals surface area contributed by atoms with E-state index < -0.39 is 0 Å². The Morgan fingerprint density at radius 1 is 1.00 bits per heavy atom. The van der Waals surface area contributed by atoms with Gasteiger partial charge in [0.2, 0.25) is 0 Å². The van der Waals surface area contributed by atoms with Crippen LogP contribution in [-0.2, 0) is 0 Å². The molecule has 0 radical (unpaired) electrons. The van der Waals surface area contributed by atoms with E-state index in [-0.39, 0.29) is 0 Å². The zero-order chi connectivity index (χ0) is 5.91. The fraction of sp³-hybridized carbons (Fsp3) is 1.00. The van der Waals surface area contributed by atoms with E-state index in [0.717, 1.165) is 0 Å². The minimum atomic E-state index is 0.583. The Labute approximate surface area is 46.9 Å². The van der Waals surface area contributed by atoms with Crippen molar-refractivity contribution >= 4 is 0 Å². The minimum absolute atomic E-state index is 0.583. The largest absolute Gasteiger partial charge is 0.0649 e. The number of hydrogen-bond acceptors (Lipinski definition) is 0. The van der Waals surface area contributed by atoms with Crippen LogP contribution in [0.2, 0.25) is 0 Å². The monoisotopic (exact) mass is 102 g/mol. The predicted molar refractivity (Wildman–Crippen MR) is 34.4 cm³/mol. The zero-order valence-corrected chi connectivity index (χ0v) is 5.91. The average Bonchev–Trinajstić information content (AvgIpc) is 1.68. The lowest BCUT2D eigenvalue weighted by Crippen LogP contribution is -2.05. The van der Waals surface area contributed by atoms with Crippen LogP contribution >= 0.6 is 0 Å². The summed E-state index contributed by atoms with van der Waals surface area (Å²) < 4.78 is 0. The van der Waals surface area contributed by atoms with Crippen LogP contribution in [0.5, 0.6) is 0 Å². The molecule has 0 bridgehead atoms. The molecule has 0 rings (SSSR count). The predicted octanol–water partition coefficient (Wildman–Crippen LogP) is 2.83. The van der Waals surface area contributed by atoms with Gasteiger partial charge in [-0.15, -0.1) is 0 Å². The second-order valence-corrected chi connectivity index (χ2v) is 2.87. The summed E-state index contributed by atoms with van der Waals surface area (Å²) in [6, 6.07) is 0. The van der Waals surface area contributed by atoms with Crippen LogP contribution in [0.3, 0.4) is 0 Å². The minimum Gasteiger partial charge on any atom is -0.0649 e. The summed E-state index contributed by atoms with van der Waals surface area (Å²) in [5.74, 6) is 0. The van der Waals surface area contributed by atoms with E-state index in [1.54, 1.807) is 0 Å². The highest BCUT2D eigenvalue weighted by atomic mass is 15.3. The lowest BCUT2D eigenvalue weighted by Gasteiger charge is -2.18. The molecular weight excluding hydrogens is 86.1 g/mol. The Bertz CT molecular complexity index is 38.0. The van der Waals surface area contributed by atoms with Crippen molar-refractivity contribution in [2.45, 2.75) is 40.5 Å². The summed E-state index contributed by atoms with van der Waals surface area (Å²) in [4.78, 5) is 0. The van der Waals surface area contributed by atoms with E-state index >= 15 is 0 Å². The van der Waals surface area contributed by atoms with Gasteiger partial charge in [-0.25, -0.2) is 0 Å². The summed E-state index contributed by atoms with van der Waals surface area (Å²) in [6.45, 7) is 9.08. The van der Waals surface area contributed by atoms with Crippen molar-refractivity contribution in [2.24, 2.45) is 5.41 Å². The van der Waals surface area contributed by atoms with E-state index in [1.165, 1.54) is 12.8 Å². The maximum Gasteiger partial charge on any atom is -0.0359 e. The molecule has 0 aliphatic rings. The van der Waals surface area contributed by atoms with E-state index in [1.807, 2.05) is 0 Å². The molecule has 0 aromatic carbocycles. The summed E-state index contributed by atoms with van der Waals surface area (Å²) in [6.07, 6.45) is 2.59. The molecule has 0 heterocycles. The highest BCUT2D eigenvalue weighted by molar-refractivity contribution is 4.61. The molecular formula is C7H16. The molecule has 0 unspecified atom stereocenters. The Balaban J connectivity index is 3.36. The molecule has 44 valence electrons. The maximum absolute atomic E-state index is 2.30. The molecule has 0 fully saturated rings. The lowest BCUT2D eigenvalue weighted by atomic mass is 10.5. The molecule has 0 aliphatic heterocycles. The fourth-order valence-corrected chi connectivity index (χ4v) is 0.250. The third-order valence-electron chi connectivity index (χ3n) is 1.91. The van der Waals surface area contributed by atoms with Crippen molar-refractivity contribution in [2.75, 3.05) is 0 Å². The third-order valence-corrected chi connectivity index (χ3v) is 1.91. The second kappa shape index (κ2) is 2.34.